The highest BCUT2D eigenvalue weighted by Crippen LogP contribution is 2.25. The molecule has 112 valence electrons. The van der Waals surface area contributed by atoms with Crippen molar-refractivity contribution in [2.45, 2.75) is 44.4 Å². The number of nitrogens with zero attached hydrogens (tertiary/aromatic N) is 1. The van der Waals surface area contributed by atoms with Gasteiger partial charge in [0.2, 0.25) is 5.91 Å². The first-order valence-corrected chi connectivity index (χ1v) is 7.36. The van der Waals surface area contributed by atoms with Crippen molar-refractivity contribution in [2.24, 2.45) is 0 Å². The molecule has 3 rings (SSSR count). The molecule has 2 aliphatic heterocycles. The molecule has 2 aliphatic rings. The lowest BCUT2D eigenvalue weighted by molar-refractivity contribution is -0.152. The SMILES string of the molecule is O=C(O)[C@H]1Cc2ccccc2CN1C(=O)C[C@@H]1CCCO1. The third-order valence-electron chi connectivity index (χ3n) is 4.28. The fraction of sp³-hybridized carbons (Fsp3) is 0.500. The van der Waals surface area contributed by atoms with E-state index in [1.54, 1.807) is 0 Å². The lowest BCUT2D eigenvalue weighted by Crippen LogP contribution is -2.49. The Hall–Kier alpha value is -1.88. The van der Waals surface area contributed by atoms with Gasteiger partial charge in [0.25, 0.3) is 0 Å². The van der Waals surface area contributed by atoms with Gasteiger partial charge in [-0.1, -0.05) is 24.3 Å². The Morgan fingerprint density at radius 3 is 2.71 bits per heavy atom. The standard InChI is InChI=1S/C16H19NO4/c18-15(9-13-6-3-7-21-13)17-10-12-5-2-1-4-11(12)8-14(17)16(19)20/h1-2,4-5,13-14H,3,6-10H2,(H,19,20)/t13-,14+/m0/s1. The van der Waals surface area contributed by atoms with Gasteiger partial charge in [0.05, 0.1) is 12.5 Å². The van der Waals surface area contributed by atoms with Crippen molar-refractivity contribution in [1.82, 2.24) is 4.90 Å². The smallest absolute Gasteiger partial charge is 0.326 e. The predicted molar refractivity (Wildman–Crippen MR) is 75.7 cm³/mol. The van der Waals surface area contributed by atoms with Crippen molar-refractivity contribution in [3.63, 3.8) is 0 Å². The number of carboxylic acid groups (broad SMARTS) is 1. The first-order chi connectivity index (χ1) is 10.1. The number of fused-ring (bicyclic) bond motifs is 1. The fourth-order valence-corrected chi connectivity index (χ4v) is 3.12. The molecular formula is C16H19NO4. The summed E-state index contributed by atoms with van der Waals surface area (Å²) in [5, 5.41) is 9.42. The molecule has 21 heavy (non-hydrogen) atoms. The maximum Gasteiger partial charge on any atom is 0.326 e. The van der Waals surface area contributed by atoms with Gasteiger partial charge in [-0.15, -0.1) is 0 Å². The summed E-state index contributed by atoms with van der Waals surface area (Å²) in [5.74, 6) is -1.06. The minimum Gasteiger partial charge on any atom is -0.480 e. The number of hydrogen-bond donors (Lipinski definition) is 1. The summed E-state index contributed by atoms with van der Waals surface area (Å²) < 4.78 is 5.48. The molecule has 1 aromatic carbocycles. The van der Waals surface area contributed by atoms with E-state index in [4.69, 9.17) is 4.74 Å². The van der Waals surface area contributed by atoms with Gasteiger partial charge in [-0.2, -0.15) is 0 Å². The predicted octanol–water partition coefficient (Wildman–Crippen LogP) is 1.59. The van der Waals surface area contributed by atoms with E-state index in [0.29, 0.717) is 19.6 Å². The maximum atomic E-state index is 12.5. The van der Waals surface area contributed by atoms with E-state index >= 15 is 0 Å². The third kappa shape index (κ3) is 2.93. The number of hydrogen-bond acceptors (Lipinski definition) is 3. The lowest BCUT2D eigenvalue weighted by Gasteiger charge is -2.35. The highest BCUT2D eigenvalue weighted by molar-refractivity contribution is 5.84. The highest BCUT2D eigenvalue weighted by Gasteiger charge is 2.35. The second-order valence-electron chi connectivity index (χ2n) is 5.69. The molecule has 1 amide bonds. The number of carbonyl (C=O) groups excluding carboxylic acids is 1. The van der Waals surface area contributed by atoms with Crippen molar-refractivity contribution in [3.8, 4) is 0 Å². The number of benzene rings is 1. The summed E-state index contributed by atoms with van der Waals surface area (Å²) in [6.45, 7) is 1.07. The Bertz CT molecular complexity index is 551. The molecule has 0 spiro atoms. The van der Waals surface area contributed by atoms with Crippen LogP contribution >= 0.6 is 0 Å². The zero-order chi connectivity index (χ0) is 14.8. The van der Waals surface area contributed by atoms with E-state index in [1.165, 1.54) is 4.90 Å². The van der Waals surface area contributed by atoms with Gasteiger partial charge >= 0.3 is 5.97 Å². The Morgan fingerprint density at radius 1 is 1.29 bits per heavy atom. The third-order valence-corrected chi connectivity index (χ3v) is 4.28. The molecule has 2 heterocycles. The second kappa shape index (κ2) is 5.85. The van der Waals surface area contributed by atoms with E-state index < -0.39 is 12.0 Å². The van der Waals surface area contributed by atoms with Gasteiger partial charge in [0, 0.05) is 19.6 Å². The molecule has 2 atom stereocenters. The van der Waals surface area contributed by atoms with Crippen LogP contribution in [0.25, 0.3) is 0 Å². The number of rotatable bonds is 3. The van der Waals surface area contributed by atoms with Crippen molar-refractivity contribution in [1.29, 1.82) is 0 Å². The normalized spacial score (nSPS) is 24.7. The molecular weight excluding hydrogens is 270 g/mol. The summed E-state index contributed by atoms with van der Waals surface area (Å²) in [6.07, 6.45) is 2.47. The van der Waals surface area contributed by atoms with Crippen LogP contribution < -0.4 is 0 Å². The van der Waals surface area contributed by atoms with E-state index in [-0.39, 0.29) is 18.4 Å². The van der Waals surface area contributed by atoms with Crippen LogP contribution in [0.2, 0.25) is 0 Å². The summed E-state index contributed by atoms with van der Waals surface area (Å²) >= 11 is 0. The van der Waals surface area contributed by atoms with Crippen LogP contribution in [0.15, 0.2) is 24.3 Å². The number of amides is 1. The summed E-state index contributed by atoms with van der Waals surface area (Å²) in [6, 6.07) is 6.95. The molecule has 1 fully saturated rings. The Kier molecular flexibility index (Phi) is 3.92. The van der Waals surface area contributed by atoms with E-state index in [2.05, 4.69) is 0 Å². The van der Waals surface area contributed by atoms with Crippen LogP contribution in [0.5, 0.6) is 0 Å². The molecule has 5 nitrogen and oxygen atoms in total. The van der Waals surface area contributed by atoms with E-state index in [1.807, 2.05) is 24.3 Å². The molecule has 1 aromatic rings. The second-order valence-corrected chi connectivity index (χ2v) is 5.69. The largest absolute Gasteiger partial charge is 0.480 e. The number of carboxylic acids is 1. The average Bonchev–Trinajstić information content (AvgIpc) is 2.98. The van der Waals surface area contributed by atoms with Crippen LogP contribution in [0.1, 0.15) is 30.4 Å². The van der Waals surface area contributed by atoms with Gasteiger partial charge in [0.1, 0.15) is 6.04 Å². The molecule has 0 aromatic heterocycles. The highest BCUT2D eigenvalue weighted by atomic mass is 16.5. The van der Waals surface area contributed by atoms with Gasteiger partial charge in [0.15, 0.2) is 0 Å². The molecule has 5 heteroatoms. The van der Waals surface area contributed by atoms with Crippen LogP contribution in [0, 0.1) is 0 Å². The zero-order valence-corrected chi connectivity index (χ0v) is 11.8. The topological polar surface area (TPSA) is 66.8 Å². The van der Waals surface area contributed by atoms with Gasteiger partial charge < -0.3 is 14.7 Å². The van der Waals surface area contributed by atoms with Crippen LogP contribution in [-0.2, 0) is 27.3 Å². The van der Waals surface area contributed by atoms with Crippen molar-refractivity contribution in [2.75, 3.05) is 6.61 Å². The molecule has 0 aliphatic carbocycles. The first kappa shape index (κ1) is 14.1. The molecule has 0 radical (unpaired) electrons. The Balaban J connectivity index is 1.78. The number of aliphatic carboxylic acids is 1. The summed E-state index contributed by atoms with van der Waals surface area (Å²) in [7, 11) is 0. The lowest BCUT2D eigenvalue weighted by atomic mass is 9.93. The average molecular weight is 289 g/mol. The number of ether oxygens (including phenoxy) is 1. The van der Waals surface area contributed by atoms with Crippen molar-refractivity contribution in [3.05, 3.63) is 35.4 Å². The maximum absolute atomic E-state index is 12.5. The van der Waals surface area contributed by atoms with Crippen LogP contribution in [0.4, 0.5) is 0 Å². The van der Waals surface area contributed by atoms with Gasteiger partial charge in [-0.05, 0) is 24.0 Å². The monoisotopic (exact) mass is 289 g/mol. The van der Waals surface area contributed by atoms with Crippen molar-refractivity contribution >= 4 is 11.9 Å². The minimum absolute atomic E-state index is 0.0517. The summed E-state index contributed by atoms with van der Waals surface area (Å²) in [4.78, 5) is 25.4. The van der Waals surface area contributed by atoms with E-state index in [9.17, 15) is 14.7 Å². The Labute approximate surface area is 123 Å². The van der Waals surface area contributed by atoms with Gasteiger partial charge in [-0.3, -0.25) is 4.79 Å². The molecule has 0 unspecified atom stereocenters. The molecule has 1 N–H and O–H groups in total. The molecule has 1 saturated heterocycles. The van der Waals surface area contributed by atoms with Crippen LogP contribution in [-0.4, -0.2) is 40.6 Å². The zero-order valence-electron chi connectivity index (χ0n) is 11.8. The van der Waals surface area contributed by atoms with Crippen LogP contribution in [0.3, 0.4) is 0 Å². The quantitative estimate of drug-likeness (QED) is 0.917. The molecule has 0 bridgehead atoms. The first-order valence-electron chi connectivity index (χ1n) is 7.36. The summed E-state index contributed by atoms with van der Waals surface area (Å²) in [5.41, 5.74) is 2.06. The molecule has 0 saturated carbocycles. The Morgan fingerprint density at radius 2 is 2.05 bits per heavy atom. The van der Waals surface area contributed by atoms with Crippen molar-refractivity contribution < 1.29 is 19.4 Å². The van der Waals surface area contributed by atoms with Gasteiger partial charge in [-0.25, -0.2) is 4.79 Å². The van der Waals surface area contributed by atoms with E-state index in [0.717, 1.165) is 24.0 Å². The number of carbonyl (C=O) groups is 2. The minimum atomic E-state index is -0.940. The fourth-order valence-electron chi connectivity index (χ4n) is 3.12.